The standard InChI is InChI=1S/C16H20O4/c1-3-19-16(17)12(2)15-11-18-10-14(20-15)9-13-7-5-4-6-8-13/h4-5,7,10-12H,3,6,8-9H2,1-2H3. The Morgan fingerprint density at radius 3 is 3.00 bits per heavy atom. The fourth-order valence-electron chi connectivity index (χ4n) is 2.05. The number of allylic oxidation sites excluding steroid dienone is 4. The van der Waals surface area contributed by atoms with Gasteiger partial charge in [-0.1, -0.05) is 23.8 Å². The second kappa shape index (κ2) is 6.98. The summed E-state index contributed by atoms with van der Waals surface area (Å²) < 4.78 is 16.0. The Bertz CT molecular complexity index is 483. The summed E-state index contributed by atoms with van der Waals surface area (Å²) in [6.07, 6.45) is 12.1. The monoisotopic (exact) mass is 276 g/mol. The lowest BCUT2D eigenvalue weighted by Crippen LogP contribution is -2.19. The van der Waals surface area contributed by atoms with Gasteiger partial charge in [0.05, 0.1) is 6.61 Å². The van der Waals surface area contributed by atoms with Crippen molar-refractivity contribution >= 4 is 5.97 Å². The molecule has 0 bridgehead atoms. The summed E-state index contributed by atoms with van der Waals surface area (Å²) in [4.78, 5) is 11.7. The molecule has 0 amide bonds. The molecule has 0 aromatic carbocycles. The van der Waals surface area contributed by atoms with Gasteiger partial charge in [0.2, 0.25) is 0 Å². The predicted octanol–water partition coefficient (Wildman–Crippen LogP) is 3.58. The van der Waals surface area contributed by atoms with Crippen molar-refractivity contribution in [1.82, 2.24) is 0 Å². The Hall–Kier alpha value is -1.97. The van der Waals surface area contributed by atoms with Gasteiger partial charge in [-0.15, -0.1) is 0 Å². The van der Waals surface area contributed by atoms with Crippen molar-refractivity contribution in [2.45, 2.75) is 33.1 Å². The van der Waals surface area contributed by atoms with Crippen LogP contribution in [-0.2, 0) is 19.0 Å². The molecule has 20 heavy (non-hydrogen) atoms. The van der Waals surface area contributed by atoms with Gasteiger partial charge in [0.1, 0.15) is 24.2 Å². The molecule has 0 N–H and O–H groups in total. The summed E-state index contributed by atoms with van der Waals surface area (Å²) in [6.45, 7) is 3.89. The highest BCUT2D eigenvalue weighted by Crippen LogP contribution is 2.27. The van der Waals surface area contributed by atoms with Crippen LogP contribution in [-0.4, -0.2) is 12.6 Å². The molecule has 0 saturated heterocycles. The van der Waals surface area contributed by atoms with E-state index < -0.39 is 5.92 Å². The van der Waals surface area contributed by atoms with Gasteiger partial charge in [0.15, 0.2) is 5.76 Å². The minimum atomic E-state index is -0.459. The molecule has 0 saturated carbocycles. The lowest BCUT2D eigenvalue weighted by molar-refractivity contribution is -0.147. The Balaban J connectivity index is 1.93. The van der Waals surface area contributed by atoms with E-state index in [0.29, 0.717) is 18.8 Å². The molecule has 1 aliphatic heterocycles. The van der Waals surface area contributed by atoms with Crippen molar-refractivity contribution in [1.29, 1.82) is 0 Å². The third-order valence-corrected chi connectivity index (χ3v) is 3.20. The van der Waals surface area contributed by atoms with Crippen LogP contribution in [0.3, 0.4) is 0 Å². The average Bonchev–Trinajstić information content (AvgIpc) is 2.48. The number of esters is 1. The van der Waals surface area contributed by atoms with Gasteiger partial charge in [-0.05, 0) is 26.7 Å². The Kier molecular flexibility index (Phi) is 5.04. The molecule has 0 radical (unpaired) electrons. The normalized spacial score (nSPS) is 19.0. The Morgan fingerprint density at radius 2 is 2.30 bits per heavy atom. The topological polar surface area (TPSA) is 44.8 Å². The number of hydrogen-bond acceptors (Lipinski definition) is 4. The maximum atomic E-state index is 11.7. The van der Waals surface area contributed by atoms with E-state index in [9.17, 15) is 4.79 Å². The van der Waals surface area contributed by atoms with E-state index in [0.717, 1.165) is 18.6 Å². The summed E-state index contributed by atoms with van der Waals surface area (Å²) in [6, 6.07) is 0. The third-order valence-electron chi connectivity index (χ3n) is 3.20. The van der Waals surface area contributed by atoms with Crippen LogP contribution < -0.4 is 0 Å². The summed E-state index contributed by atoms with van der Waals surface area (Å²) in [7, 11) is 0. The van der Waals surface area contributed by atoms with E-state index in [1.807, 2.05) is 0 Å². The molecule has 4 heteroatoms. The fraction of sp³-hybridized carbons (Fsp3) is 0.438. The van der Waals surface area contributed by atoms with Crippen LogP contribution in [0.25, 0.3) is 0 Å². The lowest BCUT2D eigenvalue weighted by atomic mass is 10.0. The first kappa shape index (κ1) is 14.4. The minimum Gasteiger partial charge on any atom is -0.466 e. The van der Waals surface area contributed by atoms with E-state index in [2.05, 4.69) is 18.2 Å². The average molecular weight is 276 g/mol. The van der Waals surface area contributed by atoms with Crippen molar-refractivity contribution in [2.75, 3.05) is 6.61 Å². The van der Waals surface area contributed by atoms with Gasteiger partial charge in [-0.2, -0.15) is 0 Å². The molecule has 0 fully saturated rings. The van der Waals surface area contributed by atoms with Crippen LogP contribution in [0.4, 0.5) is 0 Å². The quantitative estimate of drug-likeness (QED) is 0.720. The van der Waals surface area contributed by atoms with E-state index >= 15 is 0 Å². The Morgan fingerprint density at radius 1 is 1.45 bits per heavy atom. The lowest BCUT2D eigenvalue weighted by Gasteiger charge is -2.21. The molecule has 1 heterocycles. The number of carbonyl (C=O) groups excluding carboxylic acids is 1. The van der Waals surface area contributed by atoms with Crippen molar-refractivity contribution in [2.24, 2.45) is 5.92 Å². The van der Waals surface area contributed by atoms with Crippen LogP contribution in [0.1, 0.15) is 33.1 Å². The zero-order valence-corrected chi connectivity index (χ0v) is 11.9. The highest BCUT2D eigenvalue weighted by atomic mass is 16.6. The molecule has 2 aliphatic rings. The maximum Gasteiger partial charge on any atom is 0.316 e. The molecule has 1 aliphatic carbocycles. The van der Waals surface area contributed by atoms with Crippen molar-refractivity contribution in [3.63, 3.8) is 0 Å². The molecule has 0 aromatic heterocycles. The smallest absolute Gasteiger partial charge is 0.316 e. The van der Waals surface area contributed by atoms with Gasteiger partial charge in [-0.3, -0.25) is 4.79 Å². The van der Waals surface area contributed by atoms with Gasteiger partial charge >= 0.3 is 5.97 Å². The zero-order chi connectivity index (χ0) is 14.4. The van der Waals surface area contributed by atoms with E-state index in [1.54, 1.807) is 20.1 Å². The maximum absolute atomic E-state index is 11.7. The first-order valence-corrected chi connectivity index (χ1v) is 6.94. The molecule has 0 aromatic rings. The van der Waals surface area contributed by atoms with Gasteiger partial charge < -0.3 is 14.2 Å². The van der Waals surface area contributed by atoms with E-state index in [4.69, 9.17) is 14.2 Å². The first-order chi connectivity index (χ1) is 9.70. The Labute approximate surface area is 119 Å². The van der Waals surface area contributed by atoms with Crippen molar-refractivity contribution < 1.29 is 19.0 Å². The van der Waals surface area contributed by atoms with Crippen LogP contribution in [0.5, 0.6) is 0 Å². The van der Waals surface area contributed by atoms with Crippen molar-refractivity contribution in [3.8, 4) is 0 Å². The number of hydrogen-bond donors (Lipinski definition) is 0. The summed E-state index contributed by atoms with van der Waals surface area (Å²) >= 11 is 0. The summed E-state index contributed by atoms with van der Waals surface area (Å²) in [5.41, 5.74) is 1.30. The summed E-state index contributed by atoms with van der Waals surface area (Å²) in [5.74, 6) is 0.454. The third kappa shape index (κ3) is 3.76. The number of ether oxygens (including phenoxy) is 3. The minimum absolute atomic E-state index is 0.302. The molecule has 0 spiro atoms. The predicted molar refractivity (Wildman–Crippen MR) is 75.2 cm³/mol. The molecule has 2 rings (SSSR count). The zero-order valence-electron chi connectivity index (χ0n) is 11.9. The highest BCUT2D eigenvalue weighted by Gasteiger charge is 2.24. The molecule has 108 valence electrons. The fourth-order valence-corrected chi connectivity index (χ4v) is 2.05. The SMILES string of the molecule is CCOC(=O)C(C)C1=COC=C(CC2=CC=CCC2)O1. The van der Waals surface area contributed by atoms with Crippen molar-refractivity contribution in [3.05, 3.63) is 47.8 Å². The van der Waals surface area contributed by atoms with Gasteiger partial charge in [0.25, 0.3) is 0 Å². The number of carbonyl (C=O) groups is 1. The van der Waals surface area contributed by atoms with Gasteiger partial charge in [0, 0.05) is 6.42 Å². The highest BCUT2D eigenvalue weighted by molar-refractivity contribution is 5.74. The van der Waals surface area contributed by atoms with Crippen LogP contribution >= 0.6 is 0 Å². The first-order valence-electron chi connectivity index (χ1n) is 6.94. The van der Waals surface area contributed by atoms with Crippen LogP contribution in [0, 0.1) is 5.92 Å². The molecule has 1 atom stereocenters. The van der Waals surface area contributed by atoms with E-state index in [-0.39, 0.29) is 5.97 Å². The largest absolute Gasteiger partial charge is 0.466 e. The van der Waals surface area contributed by atoms with E-state index in [1.165, 1.54) is 11.8 Å². The second-order valence-corrected chi connectivity index (χ2v) is 4.78. The van der Waals surface area contributed by atoms with Gasteiger partial charge in [-0.25, -0.2) is 0 Å². The molecular formula is C16H20O4. The van der Waals surface area contributed by atoms with Crippen LogP contribution in [0.2, 0.25) is 0 Å². The molecular weight excluding hydrogens is 256 g/mol. The summed E-state index contributed by atoms with van der Waals surface area (Å²) in [5, 5.41) is 0. The second-order valence-electron chi connectivity index (χ2n) is 4.78. The van der Waals surface area contributed by atoms with Crippen LogP contribution in [0.15, 0.2) is 47.8 Å². The molecule has 1 unspecified atom stereocenters. The number of rotatable bonds is 5. The molecule has 4 nitrogen and oxygen atoms in total.